The van der Waals surface area contributed by atoms with Gasteiger partial charge in [0.05, 0.1) is 16.1 Å². The van der Waals surface area contributed by atoms with Crippen molar-refractivity contribution in [2.45, 2.75) is 0 Å². The van der Waals surface area contributed by atoms with Gasteiger partial charge < -0.3 is 0 Å². The lowest BCUT2D eigenvalue weighted by atomic mass is 10.2. The summed E-state index contributed by atoms with van der Waals surface area (Å²) in [5.41, 5.74) is 1.58. The second kappa shape index (κ2) is 4.69. The fourth-order valence-corrected chi connectivity index (χ4v) is 3.83. The van der Waals surface area contributed by atoms with Crippen LogP contribution in [0.25, 0.3) is 21.1 Å². The maximum atomic E-state index is 12.8. The topological polar surface area (TPSA) is 34.9 Å². The Bertz CT molecular complexity index is 986. The summed E-state index contributed by atoms with van der Waals surface area (Å²) in [7, 11) is 0. The van der Waals surface area contributed by atoms with Crippen molar-refractivity contribution < 1.29 is 4.79 Å². The van der Waals surface area contributed by atoms with Crippen LogP contribution in [0.2, 0.25) is 5.02 Å². The molecule has 0 aliphatic heterocycles. The molecule has 102 valence electrons. The largest absolute Gasteiger partial charge is 0.275 e. The van der Waals surface area contributed by atoms with Crippen LogP contribution in [0.3, 0.4) is 0 Å². The minimum atomic E-state index is -0.144. The summed E-state index contributed by atoms with van der Waals surface area (Å²) in [5.74, 6) is -0.144. The molecule has 0 fully saturated rings. The van der Waals surface area contributed by atoms with Gasteiger partial charge in [0.15, 0.2) is 0 Å². The predicted octanol–water partition coefficient (Wildman–Crippen LogP) is 4.59. The molecule has 0 amide bonds. The zero-order valence-electron chi connectivity index (χ0n) is 10.8. The lowest BCUT2D eigenvalue weighted by Gasteiger charge is -2.01. The van der Waals surface area contributed by atoms with E-state index < -0.39 is 0 Å². The molecule has 2 heterocycles. The average molecular weight is 313 g/mol. The molecule has 21 heavy (non-hydrogen) atoms. The van der Waals surface area contributed by atoms with Crippen LogP contribution in [0.15, 0.2) is 54.9 Å². The van der Waals surface area contributed by atoms with Gasteiger partial charge in [0, 0.05) is 10.1 Å². The number of carbonyl (C=O) groups is 1. The summed E-state index contributed by atoms with van der Waals surface area (Å²) in [5, 5.41) is 1.43. The number of thiophene rings is 1. The number of carbonyl (C=O) groups excluding carboxylic acids is 1. The van der Waals surface area contributed by atoms with Gasteiger partial charge in [-0.05, 0) is 18.2 Å². The number of rotatable bonds is 1. The van der Waals surface area contributed by atoms with Gasteiger partial charge >= 0.3 is 0 Å². The standard InChI is InChI=1S/C16H9ClN2OS/c17-14-10-5-1-4-8-13(10)21-15(14)16(20)19-9-18-11-6-2-3-7-12(11)19/h1-9H. The number of benzene rings is 2. The molecule has 5 heteroatoms. The highest BCUT2D eigenvalue weighted by atomic mass is 35.5. The first-order valence-electron chi connectivity index (χ1n) is 6.39. The van der Waals surface area contributed by atoms with E-state index in [0.29, 0.717) is 9.90 Å². The van der Waals surface area contributed by atoms with E-state index in [1.807, 2.05) is 48.5 Å². The van der Waals surface area contributed by atoms with Crippen molar-refractivity contribution in [3.63, 3.8) is 0 Å². The Morgan fingerprint density at radius 1 is 1.10 bits per heavy atom. The van der Waals surface area contributed by atoms with Crippen LogP contribution < -0.4 is 0 Å². The molecule has 4 rings (SSSR count). The molecule has 0 unspecified atom stereocenters. The highest BCUT2D eigenvalue weighted by Crippen LogP contribution is 2.35. The van der Waals surface area contributed by atoms with E-state index in [1.54, 1.807) is 10.9 Å². The molecule has 4 aromatic rings. The van der Waals surface area contributed by atoms with Crippen LogP contribution in [-0.4, -0.2) is 15.5 Å². The van der Waals surface area contributed by atoms with E-state index in [4.69, 9.17) is 11.6 Å². The third kappa shape index (κ3) is 1.87. The summed E-state index contributed by atoms with van der Waals surface area (Å²) in [4.78, 5) is 17.6. The summed E-state index contributed by atoms with van der Waals surface area (Å²) >= 11 is 7.78. The van der Waals surface area contributed by atoms with Crippen LogP contribution in [0, 0.1) is 0 Å². The first-order chi connectivity index (χ1) is 10.3. The second-order valence-corrected chi connectivity index (χ2v) is 6.08. The predicted molar refractivity (Wildman–Crippen MR) is 86.3 cm³/mol. The van der Waals surface area contributed by atoms with E-state index in [2.05, 4.69) is 4.98 Å². The van der Waals surface area contributed by atoms with Crippen molar-refractivity contribution in [3.05, 3.63) is 64.8 Å². The van der Waals surface area contributed by atoms with E-state index in [9.17, 15) is 4.79 Å². The highest BCUT2D eigenvalue weighted by molar-refractivity contribution is 7.21. The van der Waals surface area contributed by atoms with E-state index >= 15 is 0 Å². The molecular formula is C16H9ClN2OS. The normalized spacial score (nSPS) is 11.3. The highest BCUT2D eigenvalue weighted by Gasteiger charge is 2.19. The zero-order valence-corrected chi connectivity index (χ0v) is 12.4. The van der Waals surface area contributed by atoms with Crippen molar-refractivity contribution in [1.29, 1.82) is 0 Å². The number of hydrogen-bond donors (Lipinski definition) is 0. The summed E-state index contributed by atoms with van der Waals surface area (Å²) in [6.45, 7) is 0. The van der Waals surface area contributed by atoms with Crippen molar-refractivity contribution in [2.75, 3.05) is 0 Å². The average Bonchev–Trinajstić information content (AvgIpc) is 3.09. The van der Waals surface area contributed by atoms with Crippen molar-refractivity contribution in [3.8, 4) is 0 Å². The van der Waals surface area contributed by atoms with Gasteiger partial charge in [-0.25, -0.2) is 4.98 Å². The summed E-state index contributed by atoms with van der Waals surface area (Å²) < 4.78 is 2.56. The molecule has 0 atom stereocenters. The molecule has 0 radical (unpaired) electrons. The van der Waals surface area contributed by atoms with Crippen molar-refractivity contribution >= 4 is 50.0 Å². The van der Waals surface area contributed by atoms with Crippen LogP contribution in [0.1, 0.15) is 9.67 Å². The number of halogens is 1. The monoisotopic (exact) mass is 312 g/mol. The van der Waals surface area contributed by atoms with Gasteiger partial charge in [-0.1, -0.05) is 41.9 Å². The van der Waals surface area contributed by atoms with Gasteiger partial charge in [0.2, 0.25) is 0 Å². The molecular weight excluding hydrogens is 304 g/mol. The minimum Gasteiger partial charge on any atom is -0.267 e. The van der Waals surface area contributed by atoms with Crippen molar-refractivity contribution in [1.82, 2.24) is 9.55 Å². The summed E-state index contributed by atoms with van der Waals surface area (Å²) in [6, 6.07) is 15.3. The Kier molecular flexibility index (Phi) is 2.80. The van der Waals surface area contributed by atoms with Crippen LogP contribution in [-0.2, 0) is 0 Å². The quantitative estimate of drug-likeness (QED) is 0.515. The Balaban J connectivity index is 1.92. The molecule has 0 N–H and O–H groups in total. The molecule has 0 saturated heterocycles. The molecule has 0 aliphatic carbocycles. The Hall–Kier alpha value is -2.17. The number of aromatic nitrogens is 2. The van der Waals surface area contributed by atoms with Gasteiger partial charge in [-0.15, -0.1) is 11.3 Å². The van der Waals surface area contributed by atoms with Gasteiger partial charge in [-0.3, -0.25) is 9.36 Å². The van der Waals surface area contributed by atoms with Crippen LogP contribution in [0.5, 0.6) is 0 Å². The molecule has 0 aliphatic rings. The Labute approximate surface area is 129 Å². The molecule has 0 spiro atoms. The number of imidazole rings is 1. The Morgan fingerprint density at radius 2 is 1.86 bits per heavy atom. The first kappa shape index (κ1) is 12.6. The van der Waals surface area contributed by atoms with Gasteiger partial charge in [0.1, 0.15) is 11.2 Å². The van der Waals surface area contributed by atoms with Crippen LogP contribution >= 0.6 is 22.9 Å². The molecule has 3 nitrogen and oxygen atoms in total. The van der Waals surface area contributed by atoms with Crippen LogP contribution in [0.4, 0.5) is 0 Å². The van der Waals surface area contributed by atoms with Crippen molar-refractivity contribution in [2.24, 2.45) is 0 Å². The van der Waals surface area contributed by atoms with E-state index in [-0.39, 0.29) is 5.91 Å². The number of para-hydroxylation sites is 2. The zero-order chi connectivity index (χ0) is 14.4. The number of fused-ring (bicyclic) bond motifs is 2. The fourth-order valence-electron chi connectivity index (χ4n) is 2.38. The first-order valence-corrected chi connectivity index (χ1v) is 7.59. The number of nitrogens with zero attached hydrogens (tertiary/aromatic N) is 2. The summed E-state index contributed by atoms with van der Waals surface area (Å²) in [6.07, 6.45) is 1.55. The SMILES string of the molecule is O=C(c1sc2ccccc2c1Cl)n1cnc2ccccc21. The lowest BCUT2D eigenvalue weighted by molar-refractivity contribution is 0.0968. The molecule has 0 saturated carbocycles. The minimum absolute atomic E-state index is 0.144. The second-order valence-electron chi connectivity index (χ2n) is 4.65. The fraction of sp³-hybridized carbons (Fsp3) is 0. The maximum absolute atomic E-state index is 12.8. The molecule has 2 aromatic carbocycles. The maximum Gasteiger partial charge on any atom is 0.275 e. The molecule has 0 bridgehead atoms. The Morgan fingerprint density at radius 3 is 2.71 bits per heavy atom. The number of hydrogen-bond acceptors (Lipinski definition) is 3. The van der Waals surface area contributed by atoms with E-state index in [0.717, 1.165) is 21.1 Å². The molecule has 2 aromatic heterocycles. The van der Waals surface area contributed by atoms with E-state index in [1.165, 1.54) is 11.3 Å². The lowest BCUT2D eigenvalue weighted by Crippen LogP contribution is -2.09. The van der Waals surface area contributed by atoms with Gasteiger partial charge in [0.25, 0.3) is 5.91 Å². The third-order valence-electron chi connectivity index (χ3n) is 3.40. The van der Waals surface area contributed by atoms with Gasteiger partial charge in [-0.2, -0.15) is 0 Å². The third-order valence-corrected chi connectivity index (χ3v) is 5.06. The smallest absolute Gasteiger partial charge is 0.267 e.